The summed E-state index contributed by atoms with van der Waals surface area (Å²) in [5, 5.41) is 4.11. The van der Waals surface area contributed by atoms with Crippen molar-refractivity contribution in [2.45, 2.75) is 6.61 Å². The summed E-state index contributed by atoms with van der Waals surface area (Å²) in [5.74, 6) is 0.894. The van der Waals surface area contributed by atoms with Crippen LogP contribution < -0.4 is 15.0 Å². The van der Waals surface area contributed by atoms with Gasteiger partial charge in [-0.2, -0.15) is 0 Å². The summed E-state index contributed by atoms with van der Waals surface area (Å²) in [6.45, 7) is 4.68. The van der Waals surface area contributed by atoms with Crippen molar-refractivity contribution in [3.05, 3.63) is 59.1 Å². The van der Waals surface area contributed by atoms with Crippen LogP contribution in [0.25, 0.3) is 0 Å². The number of halogens is 1. The maximum absolute atomic E-state index is 5.99. The van der Waals surface area contributed by atoms with Gasteiger partial charge >= 0.3 is 0 Å². The highest BCUT2D eigenvalue weighted by atomic mass is 35.5. The Morgan fingerprint density at radius 2 is 1.86 bits per heavy atom. The number of hydrogen-bond donors (Lipinski definition) is 1. The minimum Gasteiger partial charge on any atom is -0.489 e. The molecule has 3 nitrogen and oxygen atoms in total. The summed E-state index contributed by atoms with van der Waals surface area (Å²) in [6, 6.07) is 16.1. The predicted octanol–water partition coefficient (Wildman–Crippen LogP) is 3.33. The average Bonchev–Trinajstić information content (AvgIpc) is 2.54. The van der Waals surface area contributed by atoms with E-state index in [1.54, 1.807) is 0 Å². The highest BCUT2D eigenvalue weighted by Crippen LogP contribution is 2.22. The molecule has 0 unspecified atom stereocenters. The SMILES string of the molecule is Clc1cccc(COc2cccc(N3CCNCC3)c2)c1. The summed E-state index contributed by atoms with van der Waals surface area (Å²) < 4.78 is 5.88. The standard InChI is InChI=1S/C17H19ClN2O/c18-15-4-1-3-14(11-15)13-21-17-6-2-5-16(12-17)20-9-7-19-8-10-20/h1-6,11-12,19H,7-10,13H2. The summed E-state index contributed by atoms with van der Waals surface area (Å²) >= 11 is 5.99. The summed E-state index contributed by atoms with van der Waals surface area (Å²) in [6.07, 6.45) is 0. The molecule has 0 aliphatic carbocycles. The van der Waals surface area contributed by atoms with Crippen LogP contribution in [0.4, 0.5) is 5.69 Å². The van der Waals surface area contributed by atoms with Crippen molar-refractivity contribution in [1.82, 2.24) is 5.32 Å². The molecule has 1 saturated heterocycles. The fourth-order valence-corrected chi connectivity index (χ4v) is 2.70. The van der Waals surface area contributed by atoms with Crippen molar-refractivity contribution in [3.63, 3.8) is 0 Å². The van der Waals surface area contributed by atoms with Gasteiger partial charge in [-0.3, -0.25) is 0 Å². The zero-order chi connectivity index (χ0) is 14.5. The van der Waals surface area contributed by atoms with Crippen LogP contribution in [0.15, 0.2) is 48.5 Å². The number of rotatable bonds is 4. The molecule has 0 atom stereocenters. The third kappa shape index (κ3) is 3.90. The maximum atomic E-state index is 5.99. The van der Waals surface area contributed by atoms with E-state index in [0.29, 0.717) is 6.61 Å². The number of nitrogens with zero attached hydrogens (tertiary/aromatic N) is 1. The first-order valence-electron chi connectivity index (χ1n) is 7.24. The number of benzene rings is 2. The lowest BCUT2D eigenvalue weighted by Crippen LogP contribution is -2.43. The Kier molecular flexibility index (Phi) is 4.63. The second kappa shape index (κ2) is 6.83. The van der Waals surface area contributed by atoms with Gasteiger partial charge < -0.3 is 15.0 Å². The Balaban J connectivity index is 1.65. The van der Waals surface area contributed by atoms with E-state index in [-0.39, 0.29) is 0 Å². The largest absolute Gasteiger partial charge is 0.489 e. The fraction of sp³-hybridized carbons (Fsp3) is 0.294. The Labute approximate surface area is 130 Å². The normalized spacial score (nSPS) is 15.0. The van der Waals surface area contributed by atoms with Gasteiger partial charge in [0.15, 0.2) is 0 Å². The van der Waals surface area contributed by atoms with Gasteiger partial charge in [0.05, 0.1) is 0 Å². The van der Waals surface area contributed by atoms with Gasteiger partial charge in [-0.1, -0.05) is 29.8 Å². The number of nitrogens with one attached hydrogen (secondary N) is 1. The molecule has 1 aliphatic heterocycles. The third-order valence-corrected chi connectivity index (χ3v) is 3.83. The van der Waals surface area contributed by atoms with Gasteiger partial charge in [0, 0.05) is 43.0 Å². The van der Waals surface area contributed by atoms with Crippen LogP contribution >= 0.6 is 11.6 Å². The summed E-state index contributed by atoms with van der Waals surface area (Å²) in [7, 11) is 0. The molecule has 0 bridgehead atoms. The van der Waals surface area contributed by atoms with E-state index in [4.69, 9.17) is 16.3 Å². The fourth-order valence-electron chi connectivity index (χ4n) is 2.49. The molecule has 0 saturated carbocycles. The molecule has 1 heterocycles. The monoisotopic (exact) mass is 302 g/mol. The lowest BCUT2D eigenvalue weighted by atomic mass is 10.2. The molecule has 3 rings (SSSR count). The lowest BCUT2D eigenvalue weighted by molar-refractivity contribution is 0.306. The van der Waals surface area contributed by atoms with E-state index in [0.717, 1.165) is 42.5 Å². The van der Waals surface area contributed by atoms with Crippen molar-refractivity contribution in [2.24, 2.45) is 0 Å². The quantitative estimate of drug-likeness (QED) is 0.937. The van der Waals surface area contributed by atoms with Crippen LogP contribution in [0.1, 0.15) is 5.56 Å². The van der Waals surface area contributed by atoms with Crippen molar-refractivity contribution in [3.8, 4) is 5.75 Å². The van der Waals surface area contributed by atoms with Gasteiger partial charge in [0.1, 0.15) is 12.4 Å². The van der Waals surface area contributed by atoms with Crippen molar-refractivity contribution < 1.29 is 4.74 Å². The molecule has 2 aromatic rings. The molecule has 4 heteroatoms. The highest BCUT2D eigenvalue weighted by Gasteiger charge is 2.10. The number of anilines is 1. The molecule has 1 N–H and O–H groups in total. The second-order valence-electron chi connectivity index (χ2n) is 5.15. The number of hydrogen-bond acceptors (Lipinski definition) is 3. The zero-order valence-corrected chi connectivity index (χ0v) is 12.6. The van der Waals surface area contributed by atoms with E-state index in [2.05, 4.69) is 22.3 Å². The third-order valence-electron chi connectivity index (χ3n) is 3.59. The van der Waals surface area contributed by atoms with E-state index in [9.17, 15) is 0 Å². The number of ether oxygens (including phenoxy) is 1. The first kappa shape index (κ1) is 14.2. The smallest absolute Gasteiger partial charge is 0.121 e. The first-order valence-corrected chi connectivity index (χ1v) is 7.62. The van der Waals surface area contributed by atoms with Crippen LogP contribution in [0.5, 0.6) is 5.75 Å². The van der Waals surface area contributed by atoms with Crippen molar-refractivity contribution >= 4 is 17.3 Å². The zero-order valence-electron chi connectivity index (χ0n) is 11.9. The average molecular weight is 303 g/mol. The van der Waals surface area contributed by atoms with Gasteiger partial charge in [-0.05, 0) is 29.8 Å². The maximum Gasteiger partial charge on any atom is 0.121 e. The van der Waals surface area contributed by atoms with Crippen LogP contribution in [0, 0.1) is 0 Å². The van der Waals surface area contributed by atoms with E-state index < -0.39 is 0 Å². The topological polar surface area (TPSA) is 24.5 Å². The van der Waals surface area contributed by atoms with Crippen LogP contribution in [0.2, 0.25) is 5.02 Å². The van der Waals surface area contributed by atoms with Crippen LogP contribution in [0.3, 0.4) is 0 Å². The summed E-state index contributed by atoms with van der Waals surface area (Å²) in [4.78, 5) is 2.38. The first-order chi connectivity index (χ1) is 10.3. The van der Waals surface area contributed by atoms with Crippen molar-refractivity contribution in [1.29, 1.82) is 0 Å². The van der Waals surface area contributed by atoms with Gasteiger partial charge in [0.2, 0.25) is 0 Å². The van der Waals surface area contributed by atoms with Gasteiger partial charge in [0.25, 0.3) is 0 Å². The second-order valence-corrected chi connectivity index (χ2v) is 5.59. The Morgan fingerprint density at radius 1 is 1.05 bits per heavy atom. The molecule has 1 aliphatic rings. The van der Waals surface area contributed by atoms with Gasteiger partial charge in [-0.15, -0.1) is 0 Å². The minimum absolute atomic E-state index is 0.533. The molecule has 110 valence electrons. The molecule has 21 heavy (non-hydrogen) atoms. The molecule has 0 amide bonds. The summed E-state index contributed by atoms with van der Waals surface area (Å²) in [5.41, 5.74) is 2.30. The van der Waals surface area contributed by atoms with E-state index in [1.807, 2.05) is 36.4 Å². The number of piperazine rings is 1. The van der Waals surface area contributed by atoms with Crippen molar-refractivity contribution in [2.75, 3.05) is 31.1 Å². The molecule has 2 aromatic carbocycles. The Hall–Kier alpha value is -1.71. The van der Waals surface area contributed by atoms with E-state index >= 15 is 0 Å². The van der Waals surface area contributed by atoms with Crippen LogP contribution in [-0.2, 0) is 6.61 Å². The van der Waals surface area contributed by atoms with E-state index in [1.165, 1.54) is 5.69 Å². The lowest BCUT2D eigenvalue weighted by Gasteiger charge is -2.29. The highest BCUT2D eigenvalue weighted by molar-refractivity contribution is 6.30. The molecule has 1 fully saturated rings. The minimum atomic E-state index is 0.533. The molecule has 0 aromatic heterocycles. The molecule has 0 spiro atoms. The Bertz CT molecular complexity index is 597. The van der Waals surface area contributed by atoms with Crippen LogP contribution in [-0.4, -0.2) is 26.2 Å². The Morgan fingerprint density at radius 3 is 2.67 bits per heavy atom. The molecular formula is C17H19ClN2O. The molecule has 0 radical (unpaired) electrons. The van der Waals surface area contributed by atoms with Gasteiger partial charge in [-0.25, -0.2) is 0 Å². The molecular weight excluding hydrogens is 284 g/mol. The predicted molar refractivity (Wildman–Crippen MR) is 87.3 cm³/mol.